The van der Waals surface area contributed by atoms with Crippen LogP contribution in [0, 0.1) is 0 Å². The molecule has 16 heavy (non-hydrogen) atoms. The molecule has 0 aromatic heterocycles. The van der Waals surface area contributed by atoms with E-state index >= 15 is 0 Å². The van der Waals surface area contributed by atoms with Crippen molar-refractivity contribution < 1.29 is 13.2 Å². The van der Waals surface area contributed by atoms with Gasteiger partial charge >= 0.3 is 6.18 Å². The number of alkyl halides is 3. The minimum Gasteiger partial charge on any atom is -0.195 e. The summed E-state index contributed by atoms with van der Waals surface area (Å²) < 4.78 is 37.2. The second kappa shape index (κ2) is 3.75. The maximum absolute atomic E-state index is 12.4. The van der Waals surface area contributed by atoms with E-state index in [1.807, 2.05) is 0 Å². The highest BCUT2D eigenvalue weighted by Crippen LogP contribution is 2.29. The van der Waals surface area contributed by atoms with E-state index in [9.17, 15) is 13.2 Å². The van der Waals surface area contributed by atoms with Gasteiger partial charge in [0, 0.05) is 5.56 Å². The van der Waals surface area contributed by atoms with Crippen LogP contribution < -0.4 is 0 Å². The summed E-state index contributed by atoms with van der Waals surface area (Å²) in [6.45, 7) is 0. The van der Waals surface area contributed by atoms with E-state index in [0.717, 1.165) is 12.1 Å². The third-order valence-corrected chi connectivity index (χ3v) is 2.05. The Hall–Kier alpha value is -1.63. The number of halogens is 3. The van der Waals surface area contributed by atoms with Crippen molar-refractivity contribution in [3.63, 3.8) is 0 Å². The van der Waals surface area contributed by atoms with Crippen LogP contribution in [0.4, 0.5) is 13.2 Å². The van der Waals surface area contributed by atoms with Gasteiger partial charge in [-0.1, -0.05) is 12.1 Å². The Bertz CT molecular complexity index is 505. The molecule has 1 aliphatic heterocycles. The summed E-state index contributed by atoms with van der Waals surface area (Å²) >= 11 is 4.63. The molecule has 0 fully saturated rings. The number of nitrogens with zero attached hydrogens (tertiary/aromatic N) is 3. The van der Waals surface area contributed by atoms with E-state index < -0.39 is 11.7 Å². The van der Waals surface area contributed by atoms with Crippen molar-refractivity contribution in [3.05, 3.63) is 35.4 Å². The Morgan fingerprint density at radius 3 is 2.44 bits per heavy atom. The van der Waals surface area contributed by atoms with Crippen molar-refractivity contribution in [1.82, 2.24) is 0 Å². The van der Waals surface area contributed by atoms with Gasteiger partial charge in [-0.05, 0) is 24.4 Å². The van der Waals surface area contributed by atoms with Gasteiger partial charge in [0.1, 0.15) is 0 Å². The zero-order valence-electron chi connectivity index (χ0n) is 7.69. The Balaban J connectivity index is 2.41. The standard InChI is InChI=1S/C9H4F3N3S/c10-9(11,12)6-3-1-2-5(4-6)7-13-8(16)15-14-7/h1-4H. The second-order valence-electron chi connectivity index (χ2n) is 3.00. The quantitative estimate of drug-likeness (QED) is 0.698. The fourth-order valence-corrected chi connectivity index (χ4v) is 1.31. The molecule has 3 nitrogen and oxygen atoms in total. The number of thiocarbonyl (C=S) groups is 1. The zero-order valence-corrected chi connectivity index (χ0v) is 8.51. The lowest BCUT2D eigenvalue weighted by Crippen LogP contribution is -2.06. The van der Waals surface area contributed by atoms with Crippen molar-refractivity contribution in [2.75, 3.05) is 0 Å². The highest BCUT2D eigenvalue weighted by molar-refractivity contribution is 7.80. The lowest BCUT2D eigenvalue weighted by Gasteiger charge is -2.06. The van der Waals surface area contributed by atoms with Crippen LogP contribution >= 0.6 is 12.2 Å². The van der Waals surface area contributed by atoms with E-state index in [1.54, 1.807) is 0 Å². The molecule has 1 aromatic rings. The van der Waals surface area contributed by atoms with Crippen LogP contribution in [-0.2, 0) is 6.18 Å². The molecule has 0 N–H and O–H groups in total. The second-order valence-corrected chi connectivity index (χ2v) is 3.36. The predicted molar refractivity (Wildman–Crippen MR) is 55.4 cm³/mol. The van der Waals surface area contributed by atoms with E-state index in [-0.39, 0.29) is 16.5 Å². The first-order valence-corrected chi connectivity index (χ1v) is 4.60. The molecule has 1 aromatic carbocycles. The fourth-order valence-electron chi connectivity index (χ4n) is 1.18. The van der Waals surface area contributed by atoms with E-state index in [2.05, 4.69) is 27.4 Å². The van der Waals surface area contributed by atoms with E-state index in [0.29, 0.717) is 0 Å². The van der Waals surface area contributed by atoms with Gasteiger partial charge in [0.2, 0.25) is 5.11 Å². The molecule has 0 radical (unpaired) electrons. The molecule has 0 spiro atoms. The van der Waals surface area contributed by atoms with Crippen molar-refractivity contribution in [2.45, 2.75) is 6.18 Å². The Kier molecular flexibility index (Phi) is 2.55. The Morgan fingerprint density at radius 2 is 1.88 bits per heavy atom. The molecule has 0 amide bonds. The number of amidine groups is 1. The Labute approximate surface area is 93.7 Å². The normalized spacial score (nSPS) is 15.4. The van der Waals surface area contributed by atoms with Crippen molar-refractivity contribution >= 4 is 23.2 Å². The maximum atomic E-state index is 12.4. The van der Waals surface area contributed by atoms with Crippen LogP contribution in [0.15, 0.2) is 39.5 Å². The smallest absolute Gasteiger partial charge is 0.195 e. The van der Waals surface area contributed by atoms with Crippen molar-refractivity contribution in [3.8, 4) is 0 Å². The highest BCUT2D eigenvalue weighted by Gasteiger charge is 2.30. The number of azo groups is 1. The molecule has 7 heteroatoms. The molecule has 0 atom stereocenters. The highest BCUT2D eigenvalue weighted by atomic mass is 32.1. The SMILES string of the molecule is FC(F)(F)c1cccc(C2=NC(=S)N=N2)c1. The van der Waals surface area contributed by atoms with Gasteiger partial charge < -0.3 is 0 Å². The molecular formula is C9H4F3N3S. The van der Waals surface area contributed by atoms with Crippen LogP contribution in [0.5, 0.6) is 0 Å². The zero-order chi connectivity index (χ0) is 11.8. The first kappa shape index (κ1) is 10.9. The lowest BCUT2D eigenvalue weighted by molar-refractivity contribution is -0.137. The van der Waals surface area contributed by atoms with Crippen LogP contribution in [0.2, 0.25) is 0 Å². The average Bonchev–Trinajstić information content (AvgIpc) is 2.64. The molecule has 0 aliphatic carbocycles. The molecule has 0 unspecified atom stereocenters. The summed E-state index contributed by atoms with van der Waals surface area (Å²) in [5.74, 6) is 0.108. The number of rotatable bonds is 1. The van der Waals surface area contributed by atoms with Gasteiger partial charge in [-0.3, -0.25) is 0 Å². The van der Waals surface area contributed by atoms with Gasteiger partial charge in [0.25, 0.3) is 0 Å². The fraction of sp³-hybridized carbons (Fsp3) is 0.111. The van der Waals surface area contributed by atoms with Gasteiger partial charge in [0.05, 0.1) is 5.56 Å². The van der Waals surface area contributed by atoms with Crippen molar-refractivity contribution in [1.29, 1.82) is 0 Å². The number of hydrogen-bond acceptors (Lipinski definition) is 2. The number of benzene rings is 1. The molecule has 1 heterocycles. The van der Waals surface area contributed by atoms with Crippen LogP contribution in [0.1, 0.15) is 11.1 Å². The van der Waals surface area contributed by atoms with Crippen LogP contribution in [0.3, 0.4) is 0 Å². The third-order valence-electron chi connectivity index (χ3n) is 1.88. The summed E-state index contributed by atoms with van der Waals surface area (Å²) in [4.78, 5) is 3.73. The van der Waals surface area contributed by atoms with Crippen LogP contribution in [-0.4, -0.2) is 10.9 Å². The molecule has 82 valence electrons. The van der Waals surface area contributed by atoms with E-state index in [4.69, 9.17) is 0 Å². The van der Waals surface area contributed by atoms with Gasteiger partial charge in [-0.2, -0.15) is 18.2 Å². The predicted octanol–water partition coefficient (Wildman–Crippen LogP) is 3.20. The third kappa shape index (κ3) is 2.13. The Morgan fingerprint density at radius 1 is 1.12 bits per heavy atom. The van der Waals surface area contributed by atoms with Crippen molar-refractivity contribution in [2.24, 2.45) is 15.2 Å². The maximum Gasteiger partial charge on any atom is 0.416 e. The largest absolute Gasteiger partial charge is 0.416 e. The van der Waals surface area contributed by atoms with Gasteiger partial charge in [-0.15, -0.1) is 10.2 Å². The van der Waals surface area contributed by atoms with Gasteiger partial charge in [-0.25, -0.2) is 0 Å². The average molecular weight is 243 g/mol. The summed E-state index contributed by atoms with van der Waals surface area (Å²) in [5, 5.41) is 7.05. The molecule has 0 saturated carbocycles. The monoisotopic (exact) mass is 243 g/mol. The lowest BCUT2D eigenvalue weighted by atomic mass is 10.1. The van der Waals surface area contributed by atoms with E-state index in [1.165, 1.54) is 12.1 Å². The summed E-state index contributed by atoms with van der Waals surface area (Å²) in [6, 6.07) is 4.71. The number of hydrogen-bond donors (Lipinski definition) is 0. The number of aliphatic imine (C=N–C) groups is 1. The first-order chi connectivity index (χ1) is 7.47. The topological polar surface area (TPSA) is 37.1 Å². The summed E-state index contributed by atoms with van der Waals surface area (Å²) in [5.41, 5.74) is -0.501. The molecule has 0 bridgehead atoms. The molecular weight excluding hydrogens is 239 g/mol. The van der Waals surface area contributed by atoms with Gasteiger partial charge in [0.15, 0.2) is 5.84 Å². The molecule has 0 saturated heterocycles. The molecule has 2 rings (SSSR count). The first-order valence-electron chi connectivity index (χ1n) is 4.19. The van der Waals surface area contributed by atoms with Crippen LogP contribution in [0.25, 0.3) is 0 Å². The minimum absolute atomic E-state index is 0.0208. The summed E-state index contributed by atoms with van der Waals surface area (Å²) in [6.07, 6.45) is -4.38. The minimum atomic E-state index is -4.38. The summed E-state index contributed by atoms with van der Waals surface area (Å²) in [7, 11) is 0. The molecule has 1 aliphatic rings.